The Balaban J connectivity index is 1.57. The molecule has 0 radical (unpaired) electrons. The fraction of sp³-hybridized carbons (Fsp3) is 0.160. The van der Waals surface area contributed by atoms with Gasteiger partial charge in [-0.05, 0) is 37.3 Å². The van der Waals surface area contributed by atoms with Crippen LogP contribution in [0.3, 0.4) is 0 Å². The number of nitrogens with zero attached hydrogens (tertiary/aromatic N) is 2. The molecule has 0 fully saturated rings. The van der Waals surface area contributed by atoms with E-state index in [9.17, 15) is 4.79 Å². The molecule has 0 aliphatic rings. The molecule has 0 saturated carbocycles. The van der Waals surface area contributed by atoms with Gasteiger partial charge in [0.2, 0.25) is 11.6 Å². The van der Waals surface area contributed by atoms with Crippen molar-refractivity contribution in [3.05, 3.63) is 71.8 Å². The van der Waals surface area contributed by atoms with Crippen molar-refractivity contribution in [1.29, 1.82) is 0 Å². The second kappa shape index (κ2) is 9.44. The van der Waals surface area contributed by atoms with Gasteiger partial charge in [-0.25, -0.2) is 0 Å². The molecule has 0 aliphatic carbocycles. The first kappa shape index (κ1) is 21.9. The zero-order chi connectivity index (χ0) is 23.4. The van der Waals surface area contributed by atoms with Gasteiger partial charge in [-0.1, -0.05) is 41.1 Å². The molecule has 0 bridgehead atoms. The number of carbonyl (C=O) groups is 1. The highest BCUT2D eigenvalue weighted by molar-refractivity contribution is 6.05. The minimum Gasteiger partial charge on any atom is -0.493 e. The van der Waals surface area contributed by atoms with Crippen LogP contribution in [0.4, 0.5) is 5.69 Å². The highest BCUT2D eigenvalue weighted by Gasteiger charge is 2.18. The van der Waals surface area contributed by atoms with E-state index >= 15 is 0 Å². The third-order valence-electron chi connectivity index (χ3n) is 5.03. The van der Waals surface area contributed by atoms with Crippen LogP contribution in [0.2, 0.25) is 0 Å². The fourth-order valence-corrected chi connectivity index (χ4v) is 3.31. The second-order valence-electron chi connectivity index (χ2n) is 7.24. The van der Waals surface area contributed by atoms with Crippen LogP contribution in [-0.2, 0) is 0 Å². The maximum absolute atomic E-state index is 12.9. The number of ether oxygens (including phenoxy) is 3. The third kappa shape index (κ3) is 4.64. The number of aryl methyl sites for hydroxylation is 1. The van der Waals surface area contributed by atoms with Gasteiger partial charge in [0.15, 0.2) is 11.5 Å². The standard InChI is InChI=1S/C25H23N3O5/c1-15-8-10-16(11-9-15)23-27-25(33-28-23)17-6-5-7-19(12-17)26-24(29)18-13-20(30-2)22(32-4)21(14-18)31-3/h5-14H,1-4H3,(H,26,29). The lowest BCUT2D eigenvalue weighted by Gasteiger charge is -2.14. The zero-order valence-electron chi connectivity index (χ0n) is 18.7. The Morgan fingerprint density at radius 2 is 1.58 bits per heavy atom. The largest absolute Gasteiger partial charge is 0.493 e. The van der Waals surface area contributed by atoms with Crippen LogP contribution in [0.1, 0.15) is 15.9 Å². The summed E-state index contributed by atoms with van der Waals surface area (Å²) in [4.78, 5) is 17.4. The Hall–Kier alpha value is -4.33. The van der Waals surface area contributed by atoms with Crippen molar-refractivity contribution in [3.63, 3.8) is 0 Å². The summed E-state index contributed by atoms with van der Waals surface area (Å²) in [5, 5.41) is 6.94. The maximum Gasteiger partial charge on any atom is 0.258 e. The van der Waals surface area contributed by atoms with Gasteiger partial charge in [-0.2, -0.15) is 4.98 Å². The molecule has 0 spiro atoms. The summed E-state index contributed by atoms with van der Waals surface area (Å²) in [5.74, 6) is 1.72. The predicted octanol–water partition coefficient (Wildman–Crippen LogP) is 4.99. The molecule has 8 nitrogen and oxygen atoms in total. The quantitative estimate of drug-likeness (QED) is 0.428. The molecular formula is C25H23N3O5. The molecule has 1 N–H and O–H groups in total. The van der Waals surface area contributed by atoms with E-state index in [2.05, 4.69) is 15.5 Å². The van der Waals surface area contributed by atoms with Gasteiger partial charge in [0.1, 0.15) is 0 Å². The van der Waals surface area contributed by atoms with Crippen molar-refractivity contribution >= 4 is 11.6 Å². The normalized spacial score (nSPS) is 10.5. The van der Waals surface area contributed by atoms with Crippen LogP contribution in [0.5, 0.6) is 17.2 Å². The number of aromatic nitrogens is 2. The van der Waals surface area contributed by atoms with Crippen molar-refractivity contribution in [2.75, 3.05) is 26.6 Å². The monoisotopic (exact) mass is 445 g/mol. The van der Waals surface area contributed by atoms with Crippen LogP contribution < -0.4 is 19.5 Å². The number of amides is 1. The number of methoxy groups -OCH3 is 3. The average molecular weight is 445 g/mol. The highest BCUT2D eigenvalue weighted by Crippen LogP contribution is 2.38. The molecule has 0 unspecified atom stereocenters. The Morgan fingerprint density at radius 1 is 0.879 bits per heavy atom. The number of benzene rings is 3. The first-order valence-corrected chi connectivity index (χ1v) is 10.1. The molecule has 1 amide bonds. The first-order valence-electron chi connectivity index (χ1n) is 10.1. The van der Waals surface area contributed by atoms with Crippen LogP contribution in [0.15, 0.2) is 65.2 Å². The summed E-state index contributed by atoms with van der Waals surface area (Å²) in [5.41, 5.74) is 3.62. The minimum atomic E-state index is -0.336. The van der Waals surface area contributed by atoms with E-state index in [0.29, 0.717) is 45.8 Å². The summed E-state index contributed by atoms with van der Waals surface area (Å²) < 4.78 is 21.4. The molecule has 0 atom stereocenters. The first-order chi connectivity index (χ1) is 16.0. The average Bonchev–Trinajstić information content (AvgIpc) is 3.34. The topological polar surface area (TPSA) is 95.7 Å². The number of anilines is 1. The van der Waals surface area contributed by atoms with Gasteiger partial charge in [-0.15, -0.1) is 0 Å². The molecule has 3 aromatic carbocycles. The lowest BCUT2D eigenvalue weighted by Crippen LogP contribution is -2.12. The second-order valence-corrected chi connectivity index (χ2v) is 7.24. The van der Waals surface area contributed by atoms with Crippen molar-refractivity contribution in [1.82, 2.24) is 10.1 Å². The number of hydrogen-bond donors (Lipinski definition) is 1. The van der Waals surface area contributed by atoms with E-state index in [1.54, 1.807) is 30.3 Å². The van der Waals surface area contributed by atoms with E-state index in [-0.39, 0.29) is 5.91 Å². The molecule has 1 heterocycles. The predicted molar refractivity (Wildman–Crippen MR) is 124 cm³/mol. The maximum atomic E-state index is 12.9. The van der Waals surface area contributed by atoms with Crippen LogP contribution in [0.25, 0.3) is 22.8 Å². The summed E-state index contributed by atoms with van der Waals surface area (Å²) in [6, 6.07) is 18.2. The fourth-order valence-electron chi connectivity index (χ4n) is 3.31. The molecule has 0 saturated heterocycles. The molecule has 1 aromatic heterocycles. The van der Waals surface area contributed by atoms with Crippen molar-refractivity contribution in [2.45, 2.75) is 6.92 Å². The Morgan fingerprint density at radius 3 is 2.21 bits per heavy atom. The zero-order valence-corrected chi connectivity index (χ0v) is 18.7. The summed E-state index contributed by atoms with van der Waals surface area (Å²) in [6.45, 7) is 2.02. The van der Waals surface area contributed by atoms with Gasteiger partial charge in [0.05, 0.1) is 21.3 Å². The SMILES string of the molecule is COc1cc(C(=O)Nc2cccc(-c3nc(-c4ccc(C)cc4)no3)c2)cc(OC)c1OC. The van der Waals surface area contributed by atoms with Crippen molar-refractivity contribution in [3.8, 4) is 40.1 Å². The lowest BCUT2D eigenvalue weighted by atomic mass is 10.1. The smallest absolute Gasteiger partial charge is 0.258 e. The summed E-state index contributed by atoms with van der Waals surface area (Å²) >= 11 is 0. The molecular weight excluding hydrogens is 422 g/mol. The van der Waals surface area contributed by atoms with E-state index in [4.69, 9.17) is 18.7 Å². The Kier molecular flexibility index (Phi) is 6.26. The van der Waals surface area contributed by atoms with E-state index in [1.165, 1.54) is 21.3 Å². The number of hydrogen-bond acceptors (Lipinski definition) is 7. The van der Waals surface area contributed by atoms with Gasteiger partial charge < -0.3 is 24.1 Å². The van der Waals surface area contributed by atoms with Crippen molar-refractivity contribution < 1.29 is 23.5 Å². The number of carbonyl (C=O) groups excluding carboxylic acids is 1. The van der Waals surface area contributed by atoms with E-state index in [1.807, 2.05) is 37.3 Å². The molecule has 33 heavy (non-hydrogen) atoms. The Bertz CT molecular complexity index is 1260. The minimum absolute atomic E-state index is 0.336. The molecule has 4 rings (SSSR count). The third-order valence-corrected chi connectivity index (χ3v) is 5.03. The van der Waals surface area contributed by atoms with Crippen LogP contribution in [0, 0.1) is 6.92 Å². The van der Waals surface area contributed by atoms with Crippen LogP contribution in [-0.4, -0.2) is 37.4 Å². The van der Waals surface area contributed by atoms with Gasteiger partial charge in [0, 0.05) is 22.4 Å². The summed E-state index contributed by atoms with van der Waals surface area (Å²) in [7, 11) is 4.50. The molecule has 0 aliphatic heterocycles. The number of nitrogens with one attached hydrogen (secondary N) is 1. The van der Waals surface area contributed by atoms with Crippen molar-refractivity contribution in [2.24, 2.45) is 0 Å². The van der Waals surface area contributed by atoms with Crippen LogP contribution >= 0.6 is 0 Å². The van der Waals surface area contributed by atoms with Gasteiger partial charge in [0.25, 0.3) is 11.8 Å². The Labute approximate surface area is 191 Å². The van der Waals surface area contributed by atoms with E-state index in [0.717, 1.165) is 11.1 Å². The molecule has 168 valence electrons. The lowest BCUT2D eigenvalue weighted by molar-refractivity contribution is 0.102. The van der Waals surface area contributed by atoms with Gasteiger partial charge in [-0.3, -0.25) is 4.79 Å². The summed E-state index contributed by atoms with van der Waals surface area (Å²) in [6.07, 6.45) is 0. The van der Waals surface area contributed by atoms with Gasteiger partial charge >= 0.3 is 0 Å². The molecule has 4 aromatic rings. The van der Waals surface area contributed by atoms with E-state index < -0.39 is 0 Å². The number of rotatable bonds is 7. The highest BCUT2D eigenvalue weighted by atomic mass is 16.5. The molecule has 8 heteroatoms.